The number of aromatic nitrogens is 1. The van der Waals surface area contributed by atoms with Gasteiger partial charge in [-0.3, -0.25) is 4.98 Å². The molecule has 13 heteroatoms. The van der Waals surface area contributed by atoms with Gasteiger partial charge in [-0.05, 0) is 72.8 Å². The number of benzene rings is 3. The van der Waals surface area contributed by atoms with Crippen LogP contribution in [0, 0.1) is 25.2 Å². The van der Waals surface area contributed by atoms with Crippen molar-refractivity contribution in [3.05, 3.63) is 105 Å². The molecule has 0 bridgehead atoms. The lowest BCUT2D eigenvalue weighted by Crippen LogP contribution is -2.54. The van der Waals surface area contributed by atoms with Gasteiger partial charge >= 0.3 is 0 Å². The number of halogens is 1. The zero-order valence-electron chi connectivity index (χ0n) is 29.4. The Morgan fingerprint density at radius 1 is 0.846 bits per heavy atom. The molecule has 0 saturated heterocycles. The molecule has 1 unspecified atom stereocenters. The Hall–Kier alpha value is -4.29. The maximum atomic E-state index is 9.81. The first-order valence-electron chi connectivity index (χ1n) is 17.0. The molecule has 0 fully saturated rings. The minimum Gasteiger partial charge on any atom is -0.493 e. The normalized spacial score (nSPS) is 12.0. The molecule has 1 heterocycles. The molecule has 0 aliphatic heterocycles. The minimum absolute atomic E-state index is 0.0939. The number of nitrogens with zero attached hydrogens (tertiary/aromatic N) is 2. The number of nitriles is 1. The van der Waals surface area contributed by atoms with Gasteiger partial charge in [0.25, 0.3) is 0 Å². The second kappa shape index (κ2) is 20.1. The molecule has 4 aromatic rings. The predicted molar refractivity (Wildman–Crippen MR) is 197 cm³/mol. The Morgan fingerprint density at radius 3 is 2.27 bits per heavy atom. The van der Waals surface area contributed by atoms with E-state index in [-0.39, 0.29) is 26.4 Å². The first-order chi connectivity index (χ1) is 25.2. The van der Waals surface area contributed by atoms with Crippen molar-refractivity contribution in [3.8, 4) is 34.4 Å². The molecule has 0 aliphatic rings. The molecular weight excluding hydrogens is 688 g/mol. The van der Waals surface area contributed by atoms with Gasteiger partial charge in [0.1, 0.15) is 36.5 Å². The lowest BCUT2D eigenvalue weighted by Gasteiger charge is -2.29. The molecular formula is C39H47ClN4O8. The summed E-state index contributed by atoms with van der Waals surface area (Å²) in [5.74, 6) is 1.57. The summed E-state index contributed by atoms with van der Waals surface area (Å²) in [6.45, 7) is 4.18. The van der Waals surface area contributed by atoms with Crippen molar-refractivity contribution in [2.24, 2.45) is 0 Å². The summed E-state index contributed by atoms with van der Waals surface area (Å²) < 4.78 is 18.5. The number of hydrogen-bond acceptors (Lipinski definition) is 12. The summed E-state index contributed by atoms with van der Waals surface area (Å²) in [5, 5.41) is 63.6. The topological polar surface area (TPSA) is 190 Å². The van der Waals surface area contributed by atoms with Crippen LogP contribution in [0.15, 0.2) is 67.0 Å². The third kappa shape index (κ3) is 10.9. The quantitative estimate of drug-likeness (QED) is 0.0618. The highest BCUT2D eigenvalue weighted by molar-refractivity contribution is 6.32. The number of nitrogens with one attached hydrogen (secondary N) is 2. The van der Waals surface area contributed by atoms with Gasteiger partial charge in [0.2, 0.25) is 0 Å². The van der Waals surface area contributed by atoms with Crippen molar-refractivity contribution in [1.29, 1.82) is 5.26 Å². The van der Waals surface area contributed by atoms with Crippen LogP contribution in [0.3, 0.4) is 0 Å². The van der Waals surface area contributed by atoms with Crippen LogP contribution < -0.4 is 24.8 Å². The smallest absolute Gasteiger partial charge is 0.142 e. The number of ether oxygens (including phenoxy) is 3. The van der Waals surface area contributed by atoms with Gasteiger partial charge < -0.3 is 50.4 Å². The van der Waals surface area contributed by atoms with Crippen LogP contribution in [0.1, 0.15) is 39.8 Å². The SMILES string of the molecule is Cc1c(COc2cc(OCc3cncc(C#N)c3)c(CNC(CO)(CO)CO)cc2Cl)cccc1-c1cccc(OCCCNCC(O)CO)c1C. The summed E-state index contributed by atoms with van der Waals surface area (Å²) >= 11 is 6.73. The first kappa shape index (κ1) is 40.5. The van der Waals surface area contributed by atoms with E-state index in [1.807, 2.05) is 38.1 Å². The summed E-state index contributed by atoms with van der Waals surface area (Å²) in [6, 6.07) is 19.1. The lowest BCUT2D eigenvalue weighted by molar-refractivity contribution is 0.0412. The van der Waals surface area contributed by atoms with Crippen molar-refractivity contribution in [1.82, 2.24) is 15.6 Å². The molecule has 7 N–H and O–H groups in total. The highest BCUT2D eigenvalue weighted by Crippen LogP contribution is 2.36. The van der Waals surface area contributed by atoms with Crippen LogP contribution in [0.25, 0.3) is 11.1 Å². The number of aliphatic hydroxyl groups is 5. The van der Waals surface area contributed by atoms with E-state index in [4.69, 9.17) is 30.9 Å². The van der Waals surface area contributed by atoms with E-state index in [1.165, 1.54) is 6.20 Å². The average Bonchev–Trinajstić information content (AvgIpc) is 3.17. The van der Waals surface area contributed by atoms with Crippen LogP contribution in [0.2, 0.25) is 5.02 Å². The molecule has 278 valence electrons. The monoisotopic (exact) mass is 734 g/mol. The largest absolute Gasteiger partial charge is 0.493 e. The number of rotatable bonds is 21. The fourth-order valence-corrected chi connectivity index (χ4v) is 5.65. The molecule has 0 saturated carbocycles. The first-order valence-corrected chi connectivity index (χ1v) is 17.4. The maximum absolute atomic E-state index is 9.81. The Bertz CT molecular complexity index is 1790. The number of hydrogen-bond donors (Lipinski definition) is 7. The predicted octanol–water partition coefficient (Wildman–Crippen LogP) is 3.57. The summed E-state index contributed by atoms with van der Waals surface area (Å²) in [6.07, 6.45) is 3.03. The van der Waals surface area contributed by atoms with E-state index >= 15 is 0 Å². The zero-order chi connectivity index (χ0) is 37.5. The fraction of sp³-hybridized carbons (Fsp3) is 0.385. The molecule has 12 nitrogen and oxygen atoms in total. The highest BCUT2D eigenvalue weighted by Gasteiger charge is 2.28. The summed E-state index contributed by atoms with van der Waals surface area (Å²) in [4.78, 5) is 4.10. The third-order valence-electron chi connectivity index (χ3n) is 8.74. The fourth-order valence-electron chi connectivity index (χ4n) is 5.41. The van der Waals surface area contributed by atoms with E-state index in [0.717, 1.165) is 40.0 Å². The second-order valence-electron chi connectivity index (χ2n) is 12.5. The van der Waals surface area contributed by atoms with Gasteiger partial charge in [-0.1, -0.05) is 41.9 Å². The summed E-state index contributed by atoms with van der Waals surface area (Å²) in [5.41, 5.74) is 5.39. The van der Waals surface area contributed by atoms with Gasteiger partial charge in [0.15, 0.2) is 0 Å². The molecule has 0 amide bonds. The molecule has 0 aliphatic carbocycles. The van der Waals surface area contributed by atoms with E-state index in [1.54, 1.807) is 24.4 Å². The summed E-state index contributed by atoms with van der Waals surface area (Å²) in [7, 11) is 0. The molecule has 0 spiro atoms. The van der Waals surface area contributed by atoms with Crippen LogP contribution in [0.5, 0.6) is 17.2 Å². The van der Waals surface area contributed by atoms with E-state index < -0.39 is 31.5 Å². The van der Waals surface area contributed by atoms with Crippen LogP contribution in [-0.2, 0) is 19.8 Å². The van der Waals surface area contributed by atoms with Gasteiger partial charge in [-0.25, -0.2) is 0 Å². The number of aliphatic hydroxyl groups excluding tert-OH is 5. The highest BCUT2D eigenvalue weighted by atomic mass is 35.5. The van der Waals surface area contributed by atoms with Crippen LogP contribution >= 0.6 is 11.6 Å². The van der Waals surface area contributed by atoms with Gasteiger partial charge in [-0.15, -0.1) is 0 Å². The van der Waals surface area contributed by atoms with Gasteiger partial charge in [-0.2, -0.15) is 5.26 Å². The molecule has 52 heavy (non-hydrogen) atoms. The Kier molecular flexibility index (Phi) is 15.6. The van der Waals surface area contributed by atoms with E-state index in [2.05, 4.69) is 33.8 Å². The van der Waals surface area contributed by atoms with E-state index in [0.29, 0.717) is 52.9 Å². The minimum atomic E-state index is -1.32. The Labute approximate surface area is 309 Å². The maximum Gasteiger partial charge on any atom is 0.142 e. The van der Waals surface area contributed by atoms with E-state index in [9.17, 15) is 25.7 Å². The Morgan fingerprint density at radius 2 is 1.56 bits per heavy atom. The van der Waals surface area contributed by atoms with Crippen LogP contribution in [-0.4, -0.2) is 88.3 Å². The Balaban J connectivity index is 1.51. The molecule has 1 aromatic heterocycles. The third-order valence-corrected chi connectivity index (χ3v) is 9.04. The van der Waals surface area contributed by atoms with Gasteiger partial charge in [0, 0.05) is 42.7 Å². The molecule has 0 radical (unpaired) electrons. The van der Waals surface area contributed by atoms with Crippen LogP contribution in [0.4, 0.5) is 0 Å². The van der Waals surface area contributed by atoms with Crippen molar-refractivity contribution < 1.29 is 39.7 Å². The second-order valence-corrected chi connectivity index (χ2v) is 12.9. The molecule has 4 rings (SSSR count). The average molecular weight is 735 g/mol. The van der Waals surface area contributed by atoms with Gasteiger partial charge in [0.05, 0.1) is 55.3 Å². The molecule has 3 aromatic carbocycles. The number of pyridine rings is 1. The van der Waals surface area contributed by atoms with Crippen molar-refractivity contribution in [2.75, 3.05) is 46.1 Å². The van der Waals surface area contributed by atoms with Crippen molar-refractivity contribution >= 4 is 11.6 Å². The van der Waals surface area contributed by atoms with Crippen molar-refractivity contribution in [3.63, 3.8) is 0 Å². The zero-order valence-corrected chi connectivity index (χ0v) is 30.2. The standard InChI is InChI=1S/C39H47ClN4O8/c1-26-30(6-3-7-33(26)34-8-4-9-36(27(34)2)50-11-5-10-42-19-32(49)20-45)22-52-38-14-37(51-21-29-12-28(15-41)16-43-17-29)31(13-35(38)40)18-44-39(23-46,24-47)25-48/h3-4,6-9,12-14,16-17,32,42,44-49H,5,10-11,18-25H2,1-2H3. The van der Waals surface area contributed by atoms with Crippen molar-refractivity contribution in [2.45, 2.75) is 51.7 Å². The molecule has 1 atom stereocenters. The lowest BCUT2D eigenvalue weighted by atomic mass is 9.93.